The van der Waals surface area contributed by atoms with Crippen molar-refractivity contribution in [3.8, 4) is 0 Å². The van der Waals surface area contributed by atoms with Crippen molar-refractivity contribution in [2.45, 2.75) is 31.9 Å². The second kappa shape index (κ2) is 8.02. The van der Waals surface area contributed by atoms with Crippen molar-refractivity contribution in [1.82, 2.24) is 4.98 Å². The second-order valence-corrected chi connectivity index (χ2v) is 7.56. The summed E-state index contributed by atoms with van der Waals surface area (Å²) in [6.07, 6.45) is -1.02. The number of para-hydroxylation sites is 1. The highest BCUT2D eigenvalue weighted by Gasteiger charge is 2.32. The van der Waals surface area contributed by atoms with Gasteiger partial charge in [0.25, 0.3) is 5.91 Å². The summed E-state index contributed by atoms with van der Waals surface area (Å²) in [6, 6.07) is 11.0. The molecule has 3 aromatic rings. The minimum absolute atomic E-state index is 0.315. The predicted octanol–water partition coefficient (Wildman–Crippen LogP) is 6.42. The van der Waals surface area contributed by atoms with E-state index in [1.54, 1.807) is 12.3 Å². The molecule has 0 bridgehead atoms. The average molecular weight is 429 g/mol. The monoisotopic (exact) mass is 429 g/mol. The first-order chi connectivity index (χ1) is 14.7. The summed E-state index contributed by atoms with van der Waals surface area (Å²) in [7, 11) is 0. The normalized spacial score (nSPS) is 13.7. The van der Waals surface area contributed by atoms with Crippen LogP contribution in [0.1, 0.15) is 45.8 Å². The maximum atomic E-state index is 13.7. The van der Waals surface area contributed by atoms with Gasteiger partial charge in [0, 0.05) is 17.4 Å². The Kier molecular flexibility index (Phi) is 5.39. The first-order valence-corrected chi connectivity index (χ1v) is 9.72. The van der Waals surface area contributed by atoms with Crippen LogP contribution in [0.25, 0.3) is 0 Å². The molecular formula is C23H19F4N3O. The van der Waals surface area contributed by atoms with Crippen molar-refractivity contribution in [3.63, 3.8) is 0 Å². The molecule has 160 valence electrons. The van der Waals surface area contributed by atoms with Gasteiger partial charge in [0.05, 0.1) is 11.3 Å². The molecule has 0 saturated heterocycles. The summed E-state index contributed by atoms with van der Waals surface area (Å²) in [5.41, 5.74) is 1.32. The molecule has 8 heteroatoms. The van der Waals surface area contributed by atoms with Gasteiger partial charge in [-0.3, -0.25) is 4.79 Å². The van der Waals surface area contributed by atoms with Gasteiger partial charge in [-0.2, -0.15) is 13.2 Å². The van der Waals surface area contributed by atoms with Gasteiger partial charge in [0.1, 0.15) is 5.82 Å². The van der Waals surface area contributed by atoms with Crippen LogP contribution in [-0.2, 0) is 6.18 Å². The second-order valence-electron chi connectivity index (χ2n) is 7.56. The Hall–Kier alpha value is -3.42. The third-order valence-electron chi connectivity index (χ3n) is 5.09. The van der Waals surface area contributed by atoms with Gasteiger partial charge in [-0.1, -0.05) is 18.2 Å². The summed E-state index contributed by atoms with van der Waals surface area (Å²) in [5.74, 6) is -1.29. The predicted molar refractivity (Wildman–Crippen MR) is 110 cm³/mol. The number of amides is 1. The molecule has 1 amide bonds. The number of anilines is 3. The van der Waals surface area contributed by atoms with E-state index in [9.17, 15) is 22.4 Å². The Morgan fingerprint density at radius 1 is 1.06 bits per heavy atom. The minimum Gasteiger partial charge on any atom is -0.338 e. The third-order valence-corrected chi connectivity index (χ3v) is 5.09. The van der Waals surface area contributed by atoms with Crippen LogP contribution in [0.3, 0.4) is 0 Å². The Morgan fingerprint density at radius 2 is 1.81 bits per heavy atom. The lowest BCUT2D eigenvalue weighted by Crippen LogP contribution is -2.16. The first-order valence-electron chi connectivity index (χ1n) is 9.72. The molecule has 0 radical (unpaired) electrons. The number of carbonyl (C=O) groups is 1. The molecule has 0 unspecified atom stereocenters. The molecule has 1 aliphatic rings. The summed E-state index contributed by atoms with van der Waals surface area (Å²) < 4.78 is 52.8. The van der Waals surface area contributed by atoms with E-state index in [0.29, 0.717) is 29.6 Å². The van der Waals surface area contributed by atoms with Gasteiger partial charge in [0.2, 0.25) is 0 Å². The van der Waals surface area contributed by atoms with E-state index in [1.165, 1.54) is 0 Å². The zero-order chi connectivity index (χ0) is 22.2. The van der Waals surface area contributed by atoms with E-state index in [4.69, 9.17) is 0 Å². The van der Waals surface area contributed by atoms with E-state index in [-0.39, 0.29) is 0 Å². The van der Waals surface area contributed by atoms with Crippen LogP contribution in [0.15, 0.2) is 54.7 Å². The molecule has 1 heterocycles. The number of aryl methyl sites for hydroxylation is 1. The molecule has 0 atom stereocenters. The van der Waals surface area contributed by atoms with Crippen LogP contribution in [0, 0.1) is 12.7 Å². The number of halogens is 4. The summed E-state index contributed by atoms with van der Waals surface area (Å²) in [6.45, 7) is 1.91. The van der Waals surface area contributed by atoms with Crippen molar-refractivity contribution in [2.24, 2.45) is 0 Å². The maximum absolute atomic E-state index is 13.7. The fourth-order valence-corrected chi connectivity index (χ4v) is 3.24. The van der Waals surface area contributed by atoms with Crippen LogP contribution in [0.5, 0.6) is 0 Å². The van der Waals surface area contributed by atoms with Crippen molar-refractivity contribution in [2.75, 3.05) is 10.6 Å². The maximum Gasteiger partial charge on any atom is 0.416 e. The molecule has 2 N–H and O–H groups in total. The van der Waals surface area contributed by atoms with Crippen LogP contribution >= 0.6 is 0 Å². The average Bonchev–Trinajstić information content (AvgIpc) is 3.55. The van der Waals surface area contributed by atoms with Crippen molar-refractivity contribution < 1.29 is 22.4 Å². The summed E-state index contributed by atoms with van der Waals surface area (Å²) >= 11 is 0. The molecule has 1 fully saturated rings. The zero-order valence-electron chi connectivity index (χ0n) is 16.6. The topological polar surface area (TPSA) is 54.0 Å². The van der Waals surface area contributed by atoms with Crippen LogP contribution in [0.2, 0.25) is 0 Å². The number of rotatable bonds is 5. The third kappa shape index (κ3) is 4.84. The number of hydrogen-bond donors (Lipinski definition) is 2. The van der Waals surface area contributed by atoms with Gasteiger partial charge < -0.3 is 10.6 Å². The number of nitrogens with zero attached hydrogens (tertiary/aromatic N) is 1. The van der Waals surface area contributed by atoms with E-state index in [1.807, 2.05) is 31.2 Å². The van der Waals surface area contributed by atoms with Crippen LogP contribution in [0.4, 0.5) is 34.8 Å². The van der Waals surface area contributed by atoms with Gasteiger partial charge in [-0.15, -0.1) is 0 Å². The number of alkyl halides is 3. The van der Waals surface area contributed by atoms with Gasteiger partial charge in [0.15, 0.2) is 5.82 Å². The summed E-state index contributed by atoms with van der Waals surface area (Å²) in [5, 5.41) is 5.75. The molecule has 4 nitrogen and oxygen atoms in total. The molecule has 31 heavy (non-hydrogen) atoms. The number of carbonyl (C=O) groups excluding carboxylic acids is 1. The smallest absolute Gasteiger partial charge is 0.338 e. The molecule has 0 spiro atoms. The molecule has 0 aliphatic heterocycles. The van der Waals surface area contributed by atoms with Crippen molar-refractivity contribution in [1.29, 1.82) is 0 Å². The Balaban J connectivity index is 1.67. The van der Waals surface area contributed by atoms with Gasteiger partial charge in [-0.05, 0) is 67.1 Å². The van der Waals surface area contributed by atoms with Crippen molar-refractivity contribution in [3.05, 3.63) is 82.8 Å². The molecule has 1 saturated carbocycles. The highest BCUT2D eigenvalue weighted by molar-refractivity contribution is 6.06. The Labute approximate surface area is 176 Å². The lowest BCUT2D eigenvalue weighted by atomic mass is 10.1. The fourth-order valence-electron chi connectivity index (χ4n) is 3.24. The van der Waals surface area contributed by atoms with Crippen molar-refractivity contribution >= 4 is 23.1 Å². The molecule has 4 rings (SSSR count). The van der Waals surface area contributed by atoms with Crippen LogP contribution < -0.4 is 10.6 Å². The molecule has 1 aliphatic carbocycles. The first kappa shape index (κ1) is 20.8. The highest BCUT2D eigenvalue weighted by Crippen LogP contribution is 2.41. The lowest BCUT2D eigenvalue weighted by Gasteiger charge is -2.15. The largest absolute Gasteiger partial charge is 0.416 e. The molecule has 1 aromatic heterocycles. The number of benzene rings is 2. The molecule has 2 aromatic carbocycles. The fraction of sp³-hybridized carbons (Fsp3) is 0.217. The van der Waals surface area contributed by atoms with Gasteiger partial charge >= 0.3 is 6.18 Å². The SMILES string of the molecule is Cc1ccccc1Nc1ncc(C2CC2)cc1NC(=O)c1cc(F)cc(C(F)(F)F)c1. The lowest BCUT2D eigenvalue weighted by molar-refractivity contribution is -0.137. The van der Waals surface area contributed by atoms with Gasteiger partial charge in [-0.25, -0.2) is 9.37 Å². The van der Waals surface area contributed by atoms with Crippen LogP contribution in [-0.4, -0.2) is 10.9 Å². The quantitative estimate of drug-likeness (QED) is 0.460. The summed E-state index contributed by atoms with van der Waals surface area (Å²) in [4.78, 5) is 17.1. The van der Waals surface area contributed by atoms with E-state index in [0.717, 1.165) is 35.7 Å². The number of hydrogen-bond acceptors (Lipinski definition) is 3. The van der Waals surface area contributed by atoms with E-state index >= 15 is 0 Å². The van der Waals surface area contributed by atoms with E-state index < -0.39 is 29.0 Å². The number of pyridine rings is 1. The Morgan fingerprint density at radius 3 is 2.48 bits per heavy atom. The Bertz CT molecular complexity index is 1140. The standard InChI is InChI=1S/C23H19F4N3O/c1-13-4-2-3-5-19(13)29-21-20(10-16(12-28-21)14-6-7-14)30-22(31)15-8-17(23(25,26)27)11-18(24)9-15/h2-5,8-12,14H,6-7H2,1H3,(H,28,29)(H,30,31). The number of nitrogens with one attached hydrogen (secondary N) is 2. The van der Waals surface area contributed by atoms with E-state index in [2.05, 4.69) is 15.6 Å². The zero-order valence-corrected chi connectivity index (χ0v) is 16.6. The number of aromatic nitrogens is 1. The molecular weight excluding hydrogens is 410 g/mol. The highest BCUT2D eigenvalue weighted by atomic mass is 19.4. The minimum atomic E-state index is -4.76.